The highest BCUT2D eigenvalue weighted by atomic mass is 16.3. The van der Waals surface area contributed by atoms with E-state index in [1.54, 1.807) is 0 Å². The van der Waals surface area contributed by atoms with Crippen LogP contribution in [0.3, 0.4) is 0 Å². The van der Waals surface area contributed by atoms with E-state index in [0.29, 0.717) is 5.92 Å². The van der Waals surface area contributed by atoms with Gasteiger partial charge in [-0.15, -0.1) is 0 Å². The van der Waals surface area contributed by atoms with Crippen LogP contribution in [0.4, 0.5) is 0 Å². The molecule has 1 N–H and O–H groups in total. The highest BCUT2D eigenvalue weighted by Crippen LogP contribution is 2.57. The Labute approximate surface area is 68.1 Å². The van der Waals surface area contributed by atoms with Crippen molar-refractivity contribution in [3.8, 4) is 0 Å². The van der Waals surface area contributed by atoms with Crippen LogP contribution in [0.15, 0.2) is 11.1 Å². The van der Waals surface area contributed by atoms with Crippen molar-refractivity contribution in [2.75, 3.05) is 0 Å². The molecule has 0 aromatic carbocycles. The first-order chi connectivity index (χ1) is 5.05. The summed E-state index contributed by atoms with van der Waals surface area (Å²) in [6.07, 6.45) is 2.33. The Morgan fingerprint density at radius 3 is 2.64 bits per heavy atom. The second-order valence-corrected chi connectivity index (χ2v) is 4.55. The van der Waals surface area contributed by atoms with Gasteiger partial charge in [0.05, 0.1) is 6.10 Å². The first-order valence-electron chi connectivity index (χ1n) is 4.42. The average Bonchev–Trinajstić information content (AvgIpc) is 2.29. The molecule has 1 heteroatoms. The molecule has 0 aliphatic heterocycles. The summed E-state index contributed by atoms with van der Waals surface area (Å²) in [6, 6.07) is 0. The van der Waals surface area contributed by atoms with E-state index in [2.05, 4.69) is 20.8 Å². The summed E-state index contributed by atoms with van der Waals surface area (Å²) in [4.78, 5) is 0. The molecular weight excluding hydrogens is 136 g/mol. The van der Waals surface area contributed by atoms with Crippen LogP contribution >= 0.6 is 0 Å². The van der Waals surface area contributed by atoms with Gasteiger partial charge in [0.1, 0.15) is 0 Å². The molecule has 0 spiro atoms. The van der Waals surface area contributed by atoms with Gasteiger partial charge in [-0.3, -0.25) is 0 Å². The lowest BCUT2D eigenvalue weighted by molar-refractivity contribution is -0.0292. The lowest BCUT2D eigenvalue weighted by Gasteiger charge is -2.50. The molecule has 0 heterocycles. The predicted molar refractivity (Wildman–Crippen MR) is 45.2 cm³/mol. The van der Waals surface area contributed by atoms with Crippen molar-refractivity contribution in [1.29, 1.82) is 0 Å². The number of hydrogen-bond donors (Lipinski definition) is 1. The Balaban J connectivity index is 2.33. The standard InChI is InChI=1S/C10H16O/c1-6-4-5-7-8(6)9(11)10(7,2)3/h7,9,11H,4-5H2,1-3H3/t7-,9+/m0/s1. The third-order valence-corrected chi connectivity index (χ3v) is 3.57. The van der Waals surface area contributed by atoms with E-state index in [4.69, 9.17) is 0 Å². The third-order valence-electron chi connectivity index (χ3n) is 3.57. The van der Waals surface area contributed by atoms with Gasteiger partial charge in [0.2, 0.25) is 0 Å². The molecule has 0 unspecified atom stereocenters. The molecule has 0 radical (unpaired) electrons. The monoisotopic (exact) mass is 152 g/mol. The van der Waals surface area contributed by atoms with Crippen molar-refractivity contribution in [1.82, 2.24) is 0 Å². The number of allylic oxidation sites excluding steroid dienone is 1. The molecule has 1 fully saturated rings. The van der Waals surface area contributed by atoms with E-state index >= 15 is 0 Å². The fourth-order valence-electron chi connectivity index (χ4n) is 2.65. The molecule has 2 aliphatic rings. The minimum absolute atomic E-state index is 0.144. The topological polar surface area (TPSA) is 20.2 Å². The molecule has 0 saturated heterocycles. The van der Waals surface area contributed by atoms with Crippen LogP contribution < -0.4 is 0 Å². The smallest absolute Gasteiger partial charge is 0.0812 e. The molecule has 0 aromatic heterocycles. The van der Waals surface area contributed by atoms with Crippen molar-refractivity contribution in [2.24, 2.45) is 11.3 Å². The zero-order valence-electron chi connectivity index (χ0n) is 7.52. The van der Waals surface area contributed by atoms with Gasteiger partial charge in [0.25, 0.3) is 0 Å². The van der Waals surface area contributed by atoms with E-state index in [0.717, 1.165) is 0 Å². The number of aliphatic hydroxyl groups excluding tert-OH is 1. The van der Waals surface area contributed by atoms with Crippen molar-refractivity contribution in [2.45, 2.75) is 39.7 Å². The van der Waals surface area contributed by atoms with Crippen LogP contribution in [0.2, 0.25) is 0 Å². The first-order valence-corrected chi connectivity index (χ1v) is 4.42. The zero-order chi connectivity index (χ0) is 8.22. The Kier molecular flexibility index (Phi) is 1.26. The Hall–Kier alpha value is -0.300. The molecule has 2 aliphatic carbocycles. The van der Waals surface area contributed by atoms with Crippen LogP contribution in [0.25, 0.3) is 0 Å². The van der Waals surface area contributed by atoms with E-state index < -0.39 is 0 Å². The summed E-state index contributed by atoms with van der Waals surface area (Å²) < 4.78 is 0. The molecule has 0 aromatic rings. The summed E-state index contributed by atoms with van der Waals surface area (Å²) in [5, 5.41) is 9.76. The molecule has 1 saturated carbocycles. The van der Waals surface area contributed by atoms with Crippen molar-refractivity contribution < 1.29 is 5.11 Å². The van der Waals surface area contributed by atoms with Crippen LogP contribution in [-0.4, -0.2) is 11.2 Å². The lowest BCUT2D eigenvalue weighted by Crippen LogP contribution is -2.50. The van der Waals surface area contributed by atoms with Gasteiger partial charge in [0.15, 0.2) is 0 Å². The summed E-state index contributed by atoms with van der Waals surface area (Å²) in [5.41, 5.74) is 2.96. The number of aliphatic hydroxyl groups is 1. The molecule has 0 amide bonds. The van der Waals surface area contributed by atoms with Gasteiger partial charge in [-0.25, -0.2) is 0 Å². The summed E-state index contributed by atoms with van der Waals surface area (Å²) >= 11 is 0. The predicted octanol–water partition coefficient (Wildman–Crippen LogP) is 2.11. The van der Waals surface area contributed by atoms with Gasteiger partial charge < -0.3 is 5.11 Å². The van der Waals surface area contributed by atoms with E-state index in [1.165, 1.54) is 24.0 Å². The number of fused-ring (bicyclic) bond motifs is 1. The molecule has 0 bridgehead atoms. The quantitative estimate of drug-likeness (QED) is 0.527. The second kappa shape index (κ2) is 1.89. The van der Waals surface area contributed by atoms with Gasteiger partial charge in [0, 0.05) is 5.41 Å². The van der Waals surface area contributed by atoms with Gasteiger partial charge in [-0.1, -0.05) is 19.4 Å². The summed E-state index contributed by atoms with van der Waals surface area (Å²) in [7, 11) is 0. The molecule has 2 rings (SSSR count). The molecule has 62 valence electrons. The van der Waals surface area contributed by atoms with Gasteiger partial charge in [-0.2, -0.15) is 0 Å². The van der Waals surface area contributed by atoms with Crippen LogP contribution in [-0.2, 0) is 0 Å². The number of rotatable bonds is 0. The van der Waals surface area contributed by atoms with E-state index in [9.17, 15) is 5.11 Å². The highest BCUT2D eigenvalue weighted by Gasteiger charge is 2.53. The Morgan fingerprint density at radius 1 is 1.45 bits per heavy atom. The van der Waals surface area contributed by atoms with Crippen molar-refractivity contribution >= 4 is 0 Å². The third kappa shape index (κ3) is 0.698. The maximum Gasteiger partial charge on any atom is 0.0812 e. The minimum atomic E-state index is -0.144. The fraction of sp³-hybridized carbons (Fsp3) is 0.800. The fourth-order valence-corrected chi connectivity index (χ4v) is 2.65. The highest BCUT2D eigenvalue weighted by molar-refractivity contribution is 5.37. The SMILES string of the molecule is CC1=C2[C@@H](O)C(C)(C)[C@H]2CC1. The van der Waals surface area contributed by atoms with Crippen molar-refractivity contribution in [3.05, 3.63) is 11.1 Å². The molecular formula is C10H16O. The lowest BCUT2D eigenvalue weighted by atomic mass is 9.57. The minimum Gasteiger partial charge on any atom is -0.388 e. The van der Waals surface area contributed by atoms with E-state index in [-0.39, 0.29) is 11.5 Å². The first kappa shape index (κ1) is 7.35. The van der Waals surface area contributed by atoms with Gasteiger partial charge >= 0.3 is 0 Å². The average molecular weight is 152 g/mol. The molecule has 2 atom stereocenters. The van der Waals surface area contributed by atoms with Gasteiger partial charge in [-0.05, 0) is 31.3 Å². The molecule has 1 nitrogen and oxygen atoms in total. The van der Waals surface area contributed by atoms with E-state index in [1.807, 2.05) is 0 Å². The Morgan fingerprint density at radius 2 is 2.09 bits per heavy atom. The number of hydrogen-bond acceptors (Lipinski definition) is 1. The Bertz CT molecular complexity index is 225. The largest absolute Gasteiger partial charge is 0.388 e. The normalized spacial score (nSPS) is 40.4. The van der Waals surface area contributed by atoms with Crippen molar-refractivity contribution in [3.63, 3.8) is 0 Å². The summed E-state index contributed by atoms with van der Waals surface area (Å²) in [5.74, 6) is 0.692. The maximum atomic E-state index is 9.76. The molecule has 11 heavy (non-hydrogen) atoms. The summed E-state index contributed by atoms with van der Waals surface area (Å²) in [6.45, 7) is 6.50. The van der Waals surface area contributed by atoms with Crippen LogP contribution in [0.1, 0.15) is 33.6 Å². The zero-order valence-corrected chi connectivity index (χ0v) is 7.52. The van der Waals surface area contributed by atoms with Crippen LogP contribution in [0.5, 0.6) is 0 Å². The second-order valence-electron chi connectivity index (χ2n) is 4.55. The maximum absolute atomic E-state index is 9.76. The van der Waals surface area contributed by atoms with Crippen LogP contribution in [0, 0.1) is 11.3 Å².